The number of aliphatic imine (C=N–C) groups is 1. The minimum atomic E-state index is -0.472. The van der Waals surface area contributed by atoms with Crippen molar-refractivity contribution in [1.82, 2.24) is 20.7 Å². The number of nitrogens with zero attached hydrogens (tertiary/aromatic N) is 3. The largest absolute Gasteiger partial charge is 0.444 e. The van der Waals surface area contributed by atoms with Crippen molar-refractivity contribution < 1.29 is 14.1 Å². The fourth-order valence-corrected chi connectivity index (χ4v) is 3.07. The van der Waals surface area contributed by atoms with Gasteiger partial charge in [0.05, 0.1) is 11.7 Å². The van der Waals surface area contributed by atoms with E-state index in [2.05, 4.69) is 22.7 Å². The summed E-state index contributed by atoms with van der Waals surface area (Å²) in [5.41, 5.74) is 1.56. The molecule has 0 spiro atoms. The molecule has 2 heterocycles. The van der Waals surface area contributed by atoms with Crippen LogP contribution in [0.1, 0.15) is 57.6 Å². The number of carbonyl (C=O) groups is 1. The Morgan fingerprint density at radius 3 is 2.59 bits per heavy atom. The molecule has 1 atom stereocenters. The van der Waals surface area contributed by atoms with Crippen LogP contribution in [0.4, 0.5) is 4.79 Å². The summed E-state index contributed by atoms with van der Waals surface area (Å²) >= 11 is 0. The van der Waals surface area contributed by atoms with E-state index in [0.717, 1.165) is 29.5 Å². The number of likely N-dealkylation sites (tertiary alicyclic amines) is 1. The van der Waals surface area contributed by atoms with E-state index in [1.54, 1.807) is 4.90 Å². The summed E-state index contributed by atoms with van der Waals surface area (Å²) in [6.07, 6.45) is -0.269. The van der Waals surface area contributed by atoms with Crippen molar-refractivity contribution in [3.63, 3.8) is 0 Å². The molecule has 1 aliphatic rings. The van der Waals surface area contributed by atoms with E-state index in [-0.39, 0.29) is 18.1 Å². The number of rotatable bonds is 5. The second-order valence-electron chi connectivity index (χ2n) is 8.09. The average Bonchev–Trinajstić information content (AvgIpc) is 2.84. The molecule has 1 aliphatic heterocycles. The van der Waals surface area contributed by atoms with Crippen LogP contribution in [0.15, 0.2) is 9.52 Å². The van der Waals surface area contributed by atoms with Crippen molar-refractivity contribution in [1.29, 1.82) is 0 Å². The number of aryl methyl sites for hydroxylation is 2. The summed E-state index contributed by atoms with van der Waals surface area (Å²) in [7, 11) is 0. The van der Waals surface area contributed by atoms with Gasteiger partial charge in [0.1, 0.15) is 11.4 Å². The normalized spacial score (nSPS) is 16.7. The number of hydrogen-bond donors (Lipinski definition) is 2. The molecule has 0 saturated carbocycles. The predicted molar refractivity (Wildman–Crippen MR) is 105 cm³/mol. The van der Waals surface area contributed by atoms with Gasteiger partial charge >= 0.3 is 6.09 Å². The quantitative estimate of drug-likeness (QED) is 0.603. The second kappa shape index (κ2) is 8.63. The van der Waals surface area contributed by atoms with Crippen molar-refractivity contribution in [2.75, 3.05) is 26.2 Å². The first-order valence-corrected chi connectivity index (χ1v) is 9.56. The Bertz CT molecular complexity index is 652. The van der Waals surface area contributed by atoms with Crippen LogP contribution < -0.4 is 10.6 Å². The van der Waals surface area contributed by atoms with Gasteiger partial charge in [-0.2, -0.15) is 0 Å². The van der Waals surface area contributed by atoms with Gasteiger partial charge in [-0.1, -0.05) is 12.1 Å². The first-order valence-electron chi connectivity index (χ1n) is 9.56. The monoisotopic (exact) mass is 379 g/mol. The Morgan fingerprint density at radius 1 is 1.41 bits per heavy atom. The average molecular weight is 380 g/mol. The molecule has 152 valence electrons. The van der Waals surface area contributed by atoms with E-state index in [1.165, 1.54) is 0 Å². The summed E-state index contributed by atoms with van der Waals surface area (Å²) in [6.45, 7) is 16.3. The van der Waals surface area contributed by atoms with Gasteiger partial charge in [0.2, 0.25) is 0 Å². The van der Waals surface area contributed by atoms with Crippen molar-refractivity contribution in [3.05, 3.63) is 17.0 Å². The number of ether oxygens (including phenoxy) is 1. The van der Waals surface area contributed by atoms with Gasteiger partial charge in [0, 0.05) is 37.7 Å². The highest BCUT2D eigenvalue weighted by Gasteiger charge is 2.34. The highest BCUT2D eigenvalue weighted by molar-refractivity contribution is 5.80. The molecule has 0 radical (unpaired) electrons. The zero-order valence-electron chi connectivity index (χ0n) is 17.5. The van der Waals surface area contributed by atoms with Crippen molar-refractivity contribution in [3.8, 4) is 0 Å². The molecule has 2 rings (SSSR count). The molecule has 1 amide bonds. The van der Waals surface area contributed by atoms with Gasteiger partial charge in [-0.3, -0.25) is 4.99 Å². The summed E-state index contributed by atoms with van der Waals surface area (Å²) in [5, 5.41) is 10.7. The summed E-state index contributed by atoms with van der Waals surface area (Å²) in [6, 6.07) is 0.171. The molecule has 8 nitrogen and oxygen atoms in total. The Kier molecular flexibility index (Phi) is 6.73. The van der Waals surface area contributed by atoms with E-state index in [9.17, 15) is 4.79 Å². The minimum absolute atomic E-state index is 0.171. The van der Waals surface area contributed by atoms with E-state index in [1.807, 2.05) is 41.5 Å². The van der Waals surface area contributed by atoms with Crippen LogP contribution in [0, 0.1) is 13.8 Å². The molecular weight excluding hydrogens is 346 g/mol. The SMILES string of the molecule is CCNC(=NCC(C)c1c(C)noc1C)NC1CN(C(=O)OC(C)(C)C)C1. The van der Waals surface area contributed by atoms with Crippen molar-refractivity contribution in [2.45, 2.75) is 66.0 Å². The molecule has 0 aromatic carbocycles. The second-order valence-corrected chi connectivity index (χ2v) is 8.09. The first kappa shape index (κ1) is 21.1. The lowest BCUT2D eigenvalue weighted by Gasteiger charge is -2.40. The number of hydrogen-bond acceptors (Lipinski definition) is 5. The third-order valence-corrected chi connectivity index (χ3v) is 4.32. The fourth-order valence-electron chi connectivity index (χ4n) is 3.07. The van der Waals surface area contributed by atoms with Crippen molar-refractivity contribution >= 4 is 12.1 Å². The van der Waals surface area contributed by atoms with E-state index in [0.29, 0.717) is 19.6 Å². The molecule has 1 fully saturated rings. The van der Waals surface area contributed by atoms with Crippen LogP contribution in [-0.4, -0.2) is 59.9 Å². The molecule has 0 aliphatic carbocycles. The molecule has 8 heteroatoms. The Hall–Kier alpha value is -2.25. The molecular formula is C19H33N5O3. The zero-order chi connectivity index (χ0) is 20.2. The van der Waals surface area contributed by atoms with Gasteiger partial charge in [-0.05, 0) is 41.5 Å². The third-order valence-electron chi connectivity index (χ3n) is 4.32. The van der Waals surface area contributed by atoms with Crippen molar-refractivity contribution in [2.24, 2.45) is 4.99 Å². The van der Waals surface area contributed by atoms with Crippen LogP contribution in [0.5, 0.6) is 0 Å². The maximum atomic E-state index is 12.0. The molecule has 2 N–H and O–H groups in total. The summed E-state index contributed by atoms with van der Waals surface area (Å²) in [4.78, 5) is 18.4. The molecule has 0 bridgehead atoms. The minimum Gasteiger partial charge on any atom is -0.444 e. The molecule has 1 aromatic rings. The number of guanidine groups is 1. The lowest BCUT2D eigenvalue weighted by molar-refractivity contribution is 0.00701. The number of nitrogens with one attached hydrogen (secondary N) is 2. The van der Waals surface area contributed by atoms with Crippen LogP contribution in [0.25, 0.3) is 0 Å². The van der Waals surface area contributed by atoms with E-state index < -0.39 is 5.60 Å². The zero-order valence-corrected chi connectivity index (χ0v) is 17.5. The van der Waals surface area contributed by atoms with E-state index in [4.69, 9.17) is 14.3 Å². The maximum Gasteiger partial charge on any atom is 0.410 e. The van der Waals surface area contributed by atoms with Gasteiger partial charge in [0.15, 0.2) is 5.96 Å². The lowest BCUT2D eigenvalue weighted by Crippen LogP contribution is -2.63. The highest BCUT2D eigenvalue weighted by Crippen LogP contribution is 2.23. The van der Waals surface area contributed by atoms with Gasteiger partial charge < -0.3 is 24.8 Å². The number of aromatic nitrogens is 1. The summed E-state index contributed by atoms with van der Waals surface area (Å²) in [5.74, 6) is 1.82. The lowest BCUT2D eigenvalue weighted by atomic mass is 10.00. The maximum absolute atomic E-state index is 12.0. The van der Waals surface area contributed by atoms with Crippen LogP contribution >= 0.6 is 0 Å². The van der Waals surface area contributed by atoms with Crippen LogP contribution in [0.3, 0.4) is 0 Å². The molecule has 27 heavy (non-hydrogen) atoms. The smallest absolute Gasteiger partial charge is 0.410 e. The Balaban J connectivity index is 1.87. The first-order chi connectivity index (χ1) is 12.6. The number of amides is 1. The standard InChI is InChI=1S/C19H33N5O3/c1-8-20-17(21-9-12(2)16-13(3)23-27-14(16)4)22-15-10-24(11-15)18(25)26-19(5,6)7/h12,15H,8-11H2,1-7H3,(H2,20,21,22). The molecule has 1 saturated heterocycles. The van der Waals surface area contributed by atoms with E-state index >= 15 is 0 Å². The Labute approximate surface area is 161 Å². The number of carbonyl (C=O) groups excluding carboxylic acids is 1. The highest BCUT2D eigenvalue weighted by atomic mass is 16.6. The molecule has 1 aromatic heterocycles. The Morgan fingerprint density at radius 2 is 2.07 bits per heavy atom. The van der Waals surface area contributed by atoms with Gasteiger partial charge in [0.25, 0.3) is 0 Å². The summed E-state index contributed by atoms with van der Waals surface area (Å²) < 4.78 is 10.6. The van der Waals surface area contributed by atoms with Crippen LogP contribution in [-0.2, 0) is 4.74 Å². The predicted octanol–water partition coefficient (Wildman–Crippen LogP) is 2.57. The third kappa shape index (κ3) is 5.87. The van der Waals surface area contributed by atoms with Gasteiger partial charge in [-0.25, -0.2) is 4.79 Å². The van der Waals surface area contributed by atoms with Gasteiger partial charge in [-0.15, -0.1) is 0 Å². The van der Waals surface area contributed by atoms with Crippen LogP contribution in [0.2, 0.25) is 0 Å². The topological polar surface area (TPSA) is 92.0 Å². The molecule has 1 unspecified atom stereocenters. The fraction of sp³-hybridized carbons (Fsp3) is 0.737.